The SMILES string of the molecule is CC(=O)[O-].CC(=O)[O-].[S+2]. The molecule has 0 saturated carbocycles. The predicted octanol–water partition coefficient (Wildman–Crippen LogP) is -2.49. The summed E-state index contributed by atoms with van der Waals surface area (Å²) >= 11 is 0. The highest BCUT2D eigenvalue weighted by Crippen LogP contribution is 1.31. The summed E-state index contributed by atoms with van der Waals surface area (Å²) in [5.41, 5.74) is 0. The van der Waals surface area contributed by atoms with E-state index in [2.05, 4.69) is 0 Å². The van der Waals surface area contributed by atoms with Crippen LogP contribution >= 0.6 is 0 Å². The third-order valence-electron chi connectivity index (χ3n) is 0. The summed E-state index contributed by atoms with van der Waals surface area (Å²) in [5, 5.41) is 17.8. The molecule has 52 valence electrons. The van der Waals surface area contributed by atoms with Crippen LogP contribution in [0.3, 0.4) is 0 Å². The van der Waals surface area contributed by atoms with Gasteiger partial charge in [0, 0.05) is 11.9 Å². The molecule has 0 amide bonds. The topological polar surface area (TPSA) is 80.3 Å². The molecule has 0 aromatic carbocycles. The molecule has 0 spiro atoms. The van der Waals surface area contributed by atoms with E-state index in [4.69, 9.17) is 19.8 Å². The molecule has 0 aliphatic carbocycles. The maximum Gasteiger partial charge on any atom is 2.00 e. The Labute approximate surface area is 59.9 Å². The van der Waals surface area contributed by atoms with E-state index in [0.717, 1.165) is 13.8 Å². The van der Waals surface area contributed by atoms with Crippen LogP contribution in [0.25, 0.3) is 0 Å². The molecule has 0 aliphatic rings. The zero-order valence-electron chi connectivity index (χ0n) is 5.04. The molecule has 5 heteroatoms. The number of carboxylic acid groups (broad SMARTS) is 2. The minimum Gasteiger partial charge on any atom is -0.550 e. The molecule has 9 heavy (non-hydrogen) atoms. The number of carboxylic acids is 2. The molecule has 0 atom stereocenters. The van der Waals surface area contributed by atoms with Crippen LogP contribution in [0, 0.1) is 0 Å². The van der Waals surface area contributed by atoms with Crippen LogP contribution in [0.1, 0.15) is 13.8 Å². The van der Waals surface area contributed by atoms with Gasteiger partial charge in [-0.15, -0.1) is 0 Å². The molecule has 0 fully saturated rings. The van der Waals surface area contributed by atoms with E-state index in [0.29, 0.717) is 0 Å². The van der Waals surface area contributed by atoms with Crippen LogP contribution in [0.5, 0.6) is 0 Å². The first-order valence-corrected chi connectivity index (χ1v) is 1.82. The first kappa shape index (κ1) is 15.7. The average Bonchev–Trinajstić information content (AvgIpc) is 1.25. The largest absolute Gasteiger partial charge is 2.00 e. The van der Waals surface area contributed by atoms with Gasteiger partial charge in [0.05, 0.1) is 0 Å². The Hall–Kier alpha value is -0.710. The van der Waals surface area contributed by atoms with Crippen molar-refractivity contribution in [1.82, 2.24) is 0 Å². The van der Waals surface area contributed by atoms with Gasteiger partial charge in [0.1, 0.15) is 0 Å². The molecule has 4 nitrogen and oxygen atoms in total. The minimum absolute atomic E-state index is 0. The highest BCUT2D eigenvalue weighted by molar-refractivity contribution is 7.37. The normalized spacial score (nSPS) is 5.56. The fraction of sp³-hybridized carbons (Fsp3) is 0.500. The van der Waals surface area contributed by atoms with Crippen molar-refractivity contribution in [3.8, 4) is 0 Å². The molecule has 0 saturated heterocycles. The number of carbonyl (C=O) groups excluding carboxylic acids is 2. The Kier molecular flexibility index (Phi) is 18.0. The number of hydrogen-bond donors (Lipinski definition) is 0. The predicted molar refractivity (Wildman–Crippen MR) is 28.7 cm³/mol. The van der Waals surface area contributed by atoms with Gasteiger partial charge in [-0.25, -0.2) is 0 Å². The highest BCUT2D eigenvalue weighted by Gasteiger charge is 2.00. The summed E-state index contributed by atoms with van der Waals surface area (Å²) in [6, 6.07) is 0. The number of aliphatic carboxylic acids is 2. The van der Waals surface area contributed by atoms with E-state index in [1.165, 1.54) is 0 Å². The number of hydrogen-bond acceptors (Lipinski definition) is 4. The fourth-order valence-corrected chi connectivity index (χ4v) is 0. The van der Waals surface area contributed by atoms with Crippen molar-refractivity contribution in [2.75, 3.05) is 0 Å². The first-order valence-electron chi connectivity index (χ1n) is 1.82. The Morgan fingerprint density at radius 2 is 1.00 bits per heavy atom. The van der Waals surface area contributed by atoms with Crippen LogP contribution < -0.4 is 10.2 Å². The fourth-order valence-electron chi connectivity index (χ4n) is 0. The summed E-state index contributed by atoms with van der Waals surface area (Å²) in [4.78, 5) is 17.8. The Bertz CT molecular complexity index is 70.6. The van der Waals surface area contributed by atoms with Gasteiger partial charge in [0.15, 0.2) is 0 Å². The van der Waals surface area contributed by atoms with Crippen LogP contribution in [0.15, 0.2) is 0 Å². The van der Waals surface area contributed by atoms with Crippen molar-refractivity contribution in [3.63, 3.8) is 0 Å². The van der Waals surface area contributed by atoms with E-state index in [-0.39, 0.29) is 13.5 Å². The molecule has 0 aromatic rings. The monoisotopic (exact) mass is 150 g/mol. The van der Waals surface area contributed by atoms with Crippen LogP contribution in [-0.2, 0) is 23.1 Å². The van der Waals surface area contributed by atoms with Crippen molar-refractivity contribution >= 4 is 25.4 Å². The molecule has 0 unspecified atom stereocenters. The van der Waals surface area contributed by atoms with E-state index in [1.54, 1.807) is 0 Å². The van der Waals surface area contributed by atoms with Gasteiger partial charge in [0.25, 0.3) is 0 Å². The molecule has 0 heterocycles. The van der Waals surface area contributed by atoms with Crippen molar-refractivity contribution < 1.29 is 19.8 Å². The average molecular weight is 150 g/mol. The number of rotatable bonds is 0. The van der Waals surface area contributed by atoms with E-state index in [9.17, 15) is 0 Å². The molecule has 0 rings (SSSR count). The molecule has 0 aromatic heterocycles. The van der Waals surface area contributed by atoms with Crippen LogP contribution in [0.4, 0.5) is 0 Å². The highest BCUT2D eigenvalue weighted by atomic mass is 32.1. The smallest absolute Gasteiger partial charge is 0.550 e. The van der Waals surface area contributed by atoms with Gasteiger partial charge < -0.3 is 19.8 Å². The third-order valence-corrected chi connectivity index (χ3v) is 0. The van der Waals surface area contributed by atoms with Gasteiger partial charge in [-0.05, 0) is 13.8 Å². The van der Waals surface area contributed by atoms with E-state index in [1.807, 2.05) is 0 Å². The van der Waals surface area contributed by atoms with Crippen molar-refractivity contribution in [2.24, 2.45) is 0 Å². The Morgan fingerprint density at radius 1 is 1.00 bits per heavy atom. The lowest BCUT2D eigenvalue weighted by Gasteiger charge is -1.77. The first-order chi connectivity index (χ1) is 3.46. The van der Waals surface area contributed by atoms with Gasteiger partial charge in [-0.2, -0.15) is 0 Å². The molecular weight excluding hydrogens is 144 g/mol. The summed E-state index contributed by atoms with van der Waals surface area (Å²) in [7, 11) is 0. The Morgan fingerprint density at radius 3 is 1.00 bits per heavy atom. The second-order valence-electron chi connectivity index (χ2n) is 0.983. The quantitative estimate of drug-likeness (QED) is 0.382. The van der Waals surface area contributed by atoms with E-state index < -0.39 is 11.9 Å². The zero-order valence-corrected chi connectivity index (χ0v) is 5.86. The van der Waals surface area contributed by atoms with E-state index >= 15 is 0 Å². The standard InChI is InChI=1S/2C2H4O2.S/c2*1-2(3)4;/h2*1H3,(H,3,4);/q;;+2/p-2. The van der Waals surface area contributed by atoms with Gasteiger partial charge in [0.2, 0.25) is 0 Å². The lowest BCUT2D eigenvalue weighted by atomic mass is 10.9. The van der Waals surface area contributed by atoms with Crippen molar-refractivity contribution in [2.45, 2.75) is 13.8 Å². The molecule has 0 N–H and O–H groups in total. The lowest BCUT2D eigenvalue weighted by molar-refractivity contribution is -0.303. The maximum absolute atomic E-state index is 8.89. The molecule has 0 bridgehead atoms. The summed E-state index contributed by atoms with van der Waals surface area (Å²) in [6.07, 6.45) is 0. The van der Waals surface area contributed by atoms with Crippen molar-refractivity contribution in [1.29, 1.82) is 0 Å². The molecular formula is C4H6O4S. The lowest BCUT2D eigenvalue weighted by Crippen LogP contribution is -2.16. The zero-order chi connectivity index (χ0) is 7.15. The maximum atomic E-state index is 8.89. The van der Waals surface area contributed by atoms with Gasteiger partial charge in [-0.1, -0.05) is 0 Å². The second kappa shape index (κ2) is 10.3. The summed E-state index contributed by atoms with van der Waals surface area (Å²) in [5.74, 6) is -2.17. The second-order valence-corrected chi connectivity index (χ2v) is 0.983. The summed E-state index contributed by atoms with van der Waals surface area (Å²) in [6.45, 7) is 1.94. The van der Waals surface area contributed by atoms with Crippen molar-refractivity contribution in [3.05, 3.63) is 0 Å². The van der Waals surface area contributed by atoms with Crippen LogP contribution in [0.2, 0.25) is 0 Å². The summed E-state index contributed by atoms with van der Waals surface area (Å²) < 4.78 is 0. The Balaban J connectivity index is -0.0000000720. The minimum atomic E-state index is -1.08. The molecule has 4 radical (unpaired) electrons. The third kappa shape index (κ3) is 405. The van der Waals surface area contributed by atoms with Gasteiger partial charge >= 0.3 is 13.5 Å². The number of carbonyl (C=O) groups is 2. The van der Waals surface area contributed by atoms with Gasteiger partial charge in [-0.3, -0.25) is 0 Å². The molecule has 0 aliphatic heterocycles. The van der Waals surface area contributed by atoms with Crippen LogP contribution in [-0.4, -0.2) is 11.9 Å².